The van der Waals surface area contributed by atoms with Crippen molar-refractivity contribution in [2.45, 2.75) is 58.4 Å². The van der Waals surface area contributed by atoms with Crippen molar-refractivity contribution in [1.82, 2.24) is 0 Å². The van der Waals surface area contributed by atoms with Gasteiger partial charge in [-0.25, -0.2) is 0 Å². The average molecular weight is 362 g/mol. The highest BCUT2D eigenvalue weighted by molar-refractivity contribution is 5.68. The molecule has 1 fully saturated rings. The SMILES string of the molecule is CO[C@@H]1O[C@H](COC(C)=O)[C@@H](OC(C)=O)[C@@H](OC(C)=O)[C@H]1OC(C)=O. The number of hydrogen-bond acceptors (Lipinski definition) is 10. The second kappa shape index (κ2) is 9.33. The Hall–Kier alpha value is -2.20. The molecule has 10 nitrogen and oxygen atoms in total. The summed E-state index contributed by atoms with van der Waals surface area (Å²) in [5.74, 6) is -2.63. The third-order valence-corrected chi connectivity index (χ3v) is 3.18. The fourth-order valence-corrected chi connectivity index (χ4v) is 2.38. The van der Waals surface area contributed by atoms with Crippen molar-refractivity contribution in [3.8, 4) is 0 Å². The maximum absolute atomic E-state index is 11.5. The molecular weight excluding hydrogens is 340 g/mol. The van der Waals surface area contributed by atoms with Gasteiger partial charge in [-0.05, 0) is 0 Å². The molecule has 0 bridgehead atoms. The van der Waals surface area contributed by atoms with Crippen LogP contribution in [0.1, 0.15) is 27.7 Å². The van der Waals surface area contributed by atoms with E-state index in [-0.39, 0.29) is 6.61 Å². The van der Waals surface area contributed by atoms with Crippen molar-refractivity contribution in [2.24, 2.45) is 0 Å². The molecule has 1 aliphatic rings. The van der Waals surface area contributed by atoms with Gasteiger partial charge in [0, 0.05) is 34.8 Å². The van der Waals surface area contributed by atoms with Gasteiger partial charge in [0.1, 0.15) is 12.7 Å². The minimum absolute atomic E-state index is 0.280. The zero-order valence-corrected chi connectivity index (χ0v) is 14.7. The minimum atomic E-state index is -1.20. The van der Waals surface area contributed by atoms with Gasteiger partial charge >= 0.3 is 23.9 Å². The summed E-state index contributed by atoms with van der Waals surface area (Å²) in [6, 6.07) is 0. The highest BCUT2D eigenvalue weighted by Gasteiger charge is 2.52. The Morgan fingerprint density at radius 3 is 1.68 bits per heavy atom. The lowest BCUT2D eigenvalue weighted by Gasteiger charge is -2.43. The van der Waals surface area contributed by atoms with E-state index < -0.39 is 54.6 Å². The van der Waals surface area contributed by atoms with E-state index in [0.717, 1.165) is 20.8 Å². The Morgan fingerprint density at radius 2 is 1.24 bits per heavy atom. The zero-order valence-electron chi connectivity index (χ0n) is 14.7. The molecule has 0 radical (unpaired) electrons. The molecule has 0 unspecified atom stereocenters. The van der Waals surface area contributed by atoms with Crippen molar-refractivity contribution in [3.63, 3.8) is 0 Å². The van der Waals surface area contributed by atoms with Gasteiger partial charge in [-0.2, -0.15) is 0 Å². The van der Waals surface area contributed by atoms with Crippen LogP contribution in [-0.4, -0.2) is 68.3 Å². The maximum Gasteiger partial charge on any atom is 0.303 e. The lowest BCUT2D eigenvalue weighted by Crippen LogP contribution is -2.62. The standard InChI is InChI=1S/C15H22O10/c1-7(16)21-6-11-12(22-8(2)17)13(23-9(3)18)14(24-10(4)19)15(20-5)25-11/h11-15H,6H2,1-5H3/t11-,12-,13-,14-,15-/m1/s1. The molecule has 25 heavy (non-hydrogen) atoms. The molecule has 1 heterocycles. The van der Waals surface area contributed by atoms with Gasteiger partial charge in [-0.3, -0.25) is 19.2 Å². The first kappa shape index (κ1) is 20.8. The summed E-state index contributed by atoms with van der Waals surface area (Å²) in [4.78, 5) is 45.4. The first-order chi connectivity index (χ1) is 11.6. The molecule has 0 aromatic rings. The zero-order chi connectivity index (χ0) is 19.1. The summed E-state index contributed by atoms with van der Waals surface area (Å²) < 4.78 is 31.1. The second-order valence-electron chi connectivity index (χ2n) is 5.30. The quantitative estimate of drug-likeness (QED) is 0.460. The van der Waals surface area contributed by atoms with E-state index in [2.05, 4.69) is 0 Å². The Bertz CT molecular complexity index is 516. The molecule has 0 aromatic carbocycles. The third kappa shape index (κ3) is 6.31. The highest BCUT2D eigenvalue weighted by Crippen LogP contribution is 2.29. The molecule has 0 amide bonds. The van der Waals surface area contributed by atoms with Crippen molar-refractivity contribution >= 4 is 23.9 Å². The normalized spacial score (nSPS) is 28.6. The number of carbonyl (C=O) groups is 4. The largest absolute Gasteiger partial charge is 0.463 e. The molecule has 0 saturated carbocycles. The van der Waals surface area contributed by atoms with Crippen LogP contribution in [0.15, 0.2) is 0 Å². The summed E-state index contributed by atoms with van der Waals surface area (Å²) in [7, 11) is 1.29. The second-order valence-corrected chi connectivity index (χ2v) is 5.30. The summed E-state index contributed by atoms with van der Waals surface area (Å²) in [5, 5.41) is 0. The van der Waals surface area contributed by atoms with Crippen LogP contribution in [-0.2, 0) is 47.6 Å². The van der Waals surface area contributed by atoms with Gasteiger partial charge in [0.25, 0.3) is 0 Å². The fourth-order valence-electron chi connectivity index (χ4n) is 2.38. The average Bonchev–Trinajstić information content (AvgIpc) is 2.48. The van der Waals surface area contributed by atoms with E-state index in [4.69, 9.17) is 28.4 Å². The number of ether oxygens (including phenoxy) is 6. The van der Waals surface area contributed by atoms with Crippen LogP contribution in [0.2, 0.25) is 0 Å². The summed E-state index contributed by atoms with van der Waals surface area (Å²) in [6.45, 7) is 4.37. The highest BCUT2D eigenvalue weighted by atomic mass is 16.7. The lowest BCUT2D eigenvalue weighted by atomic mass is 9.98. The van der Waals surface area contributed by atoms with Crippen molar-refractivity contribution in [2.75, 3.05) is 13.7 Å². The van der Waals surface area contributed by atoms with Gasteiger partial charge in [0.15, 0.2) is 24.6 Å². The van der Waals surface area contributed by atoms with Crippen LogP contribution in [0, 0.1) is 0 Å². The van der Waals surface area contributed by atoms with Gasteiger partial charge in [-0.1, -0.05) is 0 Å². The predicted molar refractivity (Wildman–Crippen MR) is 79.0 cm³/mol. The molecule has 0 aromatic heterocycles. The van der Waals surface area contributed by atoms with E-state index in [1.165, 1.54) is 14.0 Å². The monoisotopic (exact) mass is 362 g/mol. The number of hydrogen-bond donors (Lipinski definition) is 0. The van der Waals surface area contributed by atoms with Crippen molar-refractivity contribution in [3.05, 3.63) is 0 Å². The van der Waals surface area contributed by atoms with Gasteiger partial charge < -0.3 is 28.4 Å². The number of rotatable bonds is 6. The summed E-state index contributed by atoms with van der Waals surface area (Å²) in [6.07, 6.45) is -5.67. The topological polar surface area (TPSA) is 124 Å². The Balaban J connectivity index is 3.18. The summed E-state index contributed by atoms with van der Waals surface area (Å²) >= 11 is 0. The van der Waals surface area contributed by atoms with Crippen LogP contribution in [0.25, 0.3) is 0 Å². The molecule has 0 aliphatic carbocycles. The van der Waals surface area contributed by atoms with Crippen LogP contribution in [0.3, 0.4) is 0 Å². The number of esters is 4. The van der Waals surface area contributed by atoms with Gasteiger partial charge in [0.05, 0.1) is 0 Å². The van der Waals surface area contributed by atoms with Crippen molar-refractivity contribution < 1.29 is 47.6 Å². The Labute approximate surface area is 144 Å². The number of carbonyl (C=O) groups excluding carboxylic acids is 4. The van der Waals surface area contributed by atoms with Crippen LogP contribution in [0.5, 0.6) is 0 Å². The van der Waals surface area contributed by atoms with E-state index in [1.54, 1.807) is 0 Å². The number of methoxy groups -OCH3 is 1. The molecule has 1 saturated heterocycles. The van der Waals surface area contributed by atoms with Crippen LogP contribution < -0.4 is 0 Å². The third-order valence-electron chi connectivity index (χ3n) is 3.18. The molecule has 142 valence electrons. The molecule has 1 aliphatic heterocycles. The molecule has 5 atom stereocenters. The Morgan fingerprint density at radius 1 is 0.760 bits per heavy atom. The smallest absolute Gasteiger partial charge is 0.303 e. The molecule has 1 rings (SSSR count). The summed E-state index contributed by atoms with van der Waals surface area (Å²) in [5.41, 5.74) is 0. The van der Waals surface area contributed by atoms with Crippen molar-refractivity contribution in [1.29, 1.82) is 0 Å². The van der Waals surface area contributed by atoms with Gasteiger partial charge in [-0.15, -0.1) is 0 Å². The molecule has 0 N–H and O–H groups in total. The van der Waals surface area contributed by atoms with Crippen LogP contribution in [0.4, 0.5) is 0 Å². The van der Waals surface area contributed by atoms with Gasteiger partial charge in [0.2, 0.25) is 0 Å². The first-order valence-corrected chi connectivity index (χ1v) is 7.49. The predicted octanol–water partition coefficient (Wildman–Crippen LogP) is -0.284. The van der Waals surface area contributed by atoms with E-state index in [9.17, 15) is 19.2 Å². The van der Waals surface area contributed by atoms with E-state index in [1.807, 2.05) is 0 Å². The van der Waals surface area contributed by atoms with Crippen LogP contribution >= 0.6 is 0 Å². The lowest BCUT2D eigenvalue weighted by molar-refractivity contribution is -0.302. The molecule has 10 heteroatoms. The maximum atomic E-state index is 11.5. The van der Waals surface area contributed by atoms with E-state index >= 15 is 0 Å². The Kier molecular flexibility index (Phi) is 7.78. The van der Waals surface area contributed by atoms with E-state index in [0.29, 0.717) is 0 Å². The minimum Gasteiger partial charge on any atom is -0.463 e. The molecule has 0 spiro atoms. The first-order valence-electron chi connectivity index (χ1n) is 7.49. The molecular formula is C15H22O10. The fraction of sp³-hybridized carbons (Fsp3) is 0.733.